The predicted molar refractivity (Wildman–Crippen MR) is 270 cm³/mol. The van der Waals surface area contributed by atoms with E-state index in [9.17, 15) is 14.4 Å². The first-order valence-electron chi connectivity index (χ1n) is 26.1. The summed E-state index contributed by atoms with van der Waals surface area (Å²) in [7, 11) is 0. The van der Waals surface area contributed by atoms with Gasteiger partial charge < -0.3 is 14.2 Å². The fourth-order valence-electron chi connectivity index (χ4n) is 6.93. The van der Waals surface area contributed by atoms with Gasteiger partial charge in [-0.15, -0.1) is 0 Å². The minimum absolute atomic E-state index is 0.102. The summed E-state index contributed by atoms with van der Waals surface area (Å²) in [5.74, 6) is -0.965. The lowest BCUT2D eigenvalue weighted by atomic mass is 10.1. The largest absolute Gasteiger partial charge is 0.462 e. The number of esters is 3. The summed E-state index contributed by atoms with van der Waals surface area (Å²) in [4.78, 5) is 38.0. The Labute approximate surface area is 388 Å². The smallest absolute Gasteiger partial charge is 0.306 e. The molecule has 6 heteroatoms. The molecule has 0 aliphatic rings. The molecule has 0 fully saturated rings. The molecule has 0 radical (unpaired) electrons. The Kier molecular flexibility index (Phi) is 48.5. The molecule has 63 heavy (non-hydrogen) atoms. The van der Waals surface area contributed by atoms with Gasteiger partial charge in [0.1, 0.15) is 13.2 Å². The molecule has 0 unspecified atom stereocenters. The molecule has 0 aromatic heterocycles. The molecule has 0 heterocycles. The highest BCUT2D eigenvalue weighted by atomic mass is 16.6. The first-order valence-corrected chi connectivity index (χ1v) is 26.1. The van der Waals surface area contributed by atoms with Crippen LogP contribution < -0.4 is 0 Å². The fraction of sp³-hybridized carbons (Fsp3) is 0.702. The van der Waals surface area contributed by atoms with Crippen molar-refractivity contribution in [1.82, 2.24) is 0 Å². The molecular formula is C57H96O6. The first-order chi connectivity index (χ1) is 31.0. The molecule has 0 aromatic rings. The highest BCUT2D eigenvalue weighted by Crippen LogP contribution is 2.13. The third-order valence-electron chi connectivity index (χ3n) is 10.9. The van der Waals surface area contributed by atoms with Gasteiger partial charge in [-0.3, -0.25) is 14.4 Å². The van der Waals surface area contributed by atoms with Crippen LogP contribution in [0.15, 0.2) is 85.1 Å². The third-order valence-corrected chi connectivity index (χ3v) is 10.9. The van der Waals surface area contributed by atoms with E-state index in [1.54, 1.807) is 0 Å². The summed E-state index contributed by atoms with van der Waals surface area (Å²) in [5.41, 5.74) is 0. The van der Waals surface area contributed by atoms with E-state index in [4.69, 9.17) is 14.2 Å². The summed E-state index contributed by atoms with van der Waals surface area (Å²) in [6, 6.07) is 0. The maximum atomic E-state index is 12.8. The quantitative estimate of drug-likeness (QED) is 0.0262. The zero-order valence-electron chi connectivity index (χ0n) is 41.1. The van der Waals surface area contributed by atoms with E-state index in [1.165, 1.54) is 77.0 Å². The van der Waals surface area contributed by atoms with Crippen molar-refractivity contribution >= 4 is 17.9 Å². The van der Waals surface area contributed by atoms with Crippen LogP contribution in [0.4, 0.5) is 0 Å². The second-order valence-electron chi connectivity index (χ2n) is 17.0. The highest BCUT2D eigenvalue weighted by Gasteiger charge is 2.19. The van der Waals surface area contributed by atoms with E-state index in [0.29, 0.717) is 19.3 Å². The maximum Gasteiger partial charge on any atom is 0.306 e. The van der Waals surface area contributed by atoms with Gasteiger partial charge in [0, 0.05) is 19.3 Å². The summed E-state index contributed by atoms with van der Waals surface area (Å²) >= 11 is 0. The van der Waals surface area contributed by atoms with E-state index in [0.717, 1.165) is 122 Å². The molecule has 0 saturated carbocycles. The number of ether oxygens (including phenoxy) is 3. The van der Waals surface area contributed by atoms with Crippen LogP contribution in [0.25, 0.3) is 0 Å². The molecule has 0 aliphatic carbocycles. The average Bonchev–Trinajstić information content (AvgIpc) is 3.28. The molecule has 6 nitrogen and oxygen atoms in total. The topological polar surface area (TPSA) is 78.9 Å². The fourth-order valence-corrected chi connectivity index (χ4v) is 6.93. The summed E-state index contributed by atoms with van der Waals surface area (Å²) in [6.45, 7) is 6.43. The van der Waals surface area contributed by atoms with E-state index >= 15 is 0 Å². The van der Waals surface area contributed by atoms with E-state index in [1.807, 2.05) is 0 Å². The number of carbonyl (C=O) groups excluding carboxylic acids is 3. The van der Waals surface area contributed by atoms with Crippen LogP contribution in [-0.4, -0.2) is 37.2 Å². The zero-order chi connectivity index (χ0) is 45.8. The molecule has 0 rings (SSSR count). The zero-order valence-corrected chi connectivity index (χ0v) is 41.1. The van der Waals surface area contributed by atoms with Gasteiger partial charge >= 0.3 is 17.9 Å². The van der Waals surface area contributed by atoms with Crippen molar-refractivity contribution < 1.29 is 28.6 Å². The first kappa shape index (κ1) is 59.6. The maximum absolute atomic E-state index is 12.8. The Morgan fingerprint density at radius 1 is 0.333 bits per heavy atom. The van der Waals surface area contributed by atoms with Crippen LogP contribution >= 0.6 is 0 Å². The number of unbranched alkanes of at least 4 members (excludes halogenated alkanes) is 21. The van der Waals surface area contributed by atoms with Crippen molar-refractivity contribution in [2.75, 3.05) is 13.2 Å². The third kappa shape index (κ3) is 49.5. The van der Waals surface area contributed by atoms with Gasteiger partial charge in [-0.2, -0.15) is 0 Å². The molecule has 0 saturated heterocycles. The predicted octanol–water partition coefficient (Wildman–Crippen LogP) is 17.2. The van der Waals surface area contributed by atoms with Crippen LogP contribution in [0, 0.1) is 0 Å². The molecule has 0 spiro atoms. The van der Waals surface area contributed by atoms with Crippen molar-refractivity contribution in [2.45, 2.75) is 245 Å². The number of hydrogen-bond acceptors (Lipinski definition) is 6. The van der Waals surface area contributed by atoms with Gasteiger partial charge in [-0.25, -0.2) is 0 Å². The number of carbonyl (C=O) groups is 3. The van der Waals surface area contributed by atoms with E-state index < -0.39 is 6.10 Å². The molecule has 0 aliphatic heterocycles. The van der Waals surface area contributed by atoms with E-state index in [2.05, 4.69) is 106 Å². The van der Waals surface area contributed by atoms with Gasteiger partial charge in [0.2, 0.25) is 0 Å². The van der Waals surface area contributed by atoms with Gasteiger partial charge in [0.15, 0.2) is 6.10 Å². The standard InChI is InChI=1S/C57H96O6/c1-4-7-10-13-16-19-22-25-28-31-34-37-40-43-46-49-55(58)61-52-54(63-57(60)51-48-45-42-39-36-33-30-27-24-21-18-15-12-9-6-3)53-62-56(59)50-47-44-41-38-35-32-29-26-23-20-17-14-11-8-5-2/h7,10,16-17,19-20,25-30,35,38,54H,4-6,8-9,11-15,18,21-24,31-34,36-37,39-53H2,1-3H3/b10-7-,19-16-,20-17-,28-25-,29-26-,30-27-,38-35-/t54-/m1/s1. The lowest BCUT2D eigenvalue weighted by molar-refractivity contribution is -0.167. The SMILES string of the molecule is CC/C=C\C/C=C\C/C=C\CCCCCCCC(=O)OC[C@H](COC(=O)CCCC/C=C\C/C=C\C/C=C\CCCCC)OC(=O)CCCCCCC/C=C\CCCCCCCC. The minimum atomic E-state index is -0.803. The second kappa shape index (κ2) is 51.2. The lowest BCUT2D eigenvalue weighted by Gasteiger charge is -2.18. The van der Waals surface area contributed by atoms with Crippen LogP contribution in [0.1, 0.15) is 239 Å². The molecular weight excluding hydrogens is 781 g/mol. The lowest BCUT2D eigenvalue weighted by Crippen LogP contribution is -2.30. The monoisotopic (exact) mass is 877 g/mol. The Bertz CT molecular complexity index is 1240. The van der Waals surface area contributed by atoms with Crippen molar-refractivity contribution in [3.05, 3.63) is 85.1 Å². The van der Waals surface area contributed by atoms with Crippen LogP contribution in [0.2, 0.25) is 0 Å². The normalized spacial score (nSPS) is 12.7. The summed E-state index contributed by atoms with van der Waals surface area (Å²) in [5, 5.41) is 0. The molecule has 0 amide bonds. The summed E-state index contributed by atoms with van der Waals surface area (Å²) < 4.78 is 16.8. The molecule has 0 bridgehead atoms. The van der Waals surface area contributed by atoms with Crippen molar-refractivity contribution in [2.24, 2.45) is 0 Å². The number of rotatable bonds is 46. The van der Waals surface area contributed by atoms with Gasteiger partial charge in [-0.1, -0.05) is 189 Å². The molecule has 0 N–H and O–H groups in total. The van der Waals surface area contributed by atoms with Crippen molar-refractivity contribution in [3.8, 4) is 0 Å². The minimum Gasteiger partial charge on any atom is -0.462 e. The summed E-state index contributed by atoms with van der Waals surface area (Å²) in [6.07, 6.45) is 65.6. The Morgan fingerprint density at radius 3 is 1.05 bits per heavy atom. The van der Waals surface area contributed by atoms with Crippen LogP contribution in [0.5, 0.6) is 0 Å². The Morgan fingerprint density at radius 2 is 0.619 bits per heavy atom. The van der Waals surface area contributed by atoms with Gasteiger partial charge in [0.05, 0.1) is 0 Å². The molecule has 1 atom stereocenters. The van der Waals surface area contributed by atoms with E-state index in [-0.39, 0.29) is 31.1 Å². The second-order valence-corrected chi connectivity index (χ2v) is 17.0. The number of allylic oxidation sites excluding steroid dienone is 14. The van der Waals surface area contributed by atoms with Gasteiger partial charge in [-0.05, 0) is 116 Å². The van der Waals surface area contributed by atoms with Crippen molar-refractivity contribution in [3.63, 3.8) is 0 Å². The molecule has 360 valence electrons. The Hall–Kier alpha value is -3.41. The molecule has 0 aromatic carbocycles. The Balaban J connectivity index is 4.49. The van der Waals surface area contributed by atoms with Crippen LogP contribution in [-0.2, 0) is 28.6 Å². The van der Waals surface area contributed by atoms with Crippen molar-refractivity contribution in [1.29, 1.82) is 0 Å². The number of hydrogen-bond donors (Lipinski definition) is 0. The highest BCUT2D eigenvalue weighted by molar-refractivity contribution is 5.71. The van der Waals surface area contributed by atoms with Crippen LogP contribution in [0.3, 0.4) is 0 Å². The average molecular weight is 877 g/mol. The van der Waals surface area contributed by atoms with Gasteiger partial charge in [0.25, 0.3) is 0 Å².